The van der Waals surface area contributed by atoms with Crippen molar-refractivity contribution in [2.24, 2.45) is 5.73 Å². The van der Waals surface area contributed by atoms with Gasteiger partial charge in [-0.15, -0.1) is 0 Å². The first-order valence-electron chi connectivity index (χ1n) is 2.67. The molecular weight excluding hydrogens is 153 g/mol. The molecule has 7 heavy (non-hydrogen) atoms. The summed E-state index contributed by atoms with van der Waals surface area (Å²) in [6, 6.07) is 0.421. The van der Waals surface area contributed by atoms with Crippen molar-refractivity contribution in [2.45, 2.75) is 31.1 Å². The Balaban J connectivity index is 2.83. The number of hydrogen-bond donors (Lipinski definition) is 1. The van der Waals surface area contributed by atoms with E-state index in [4.69, 9.17) is 5.73 Å². The van der Waals surface area contributed by atoms with Gasteiger partial charge in [0.2, 0.25) is 0 Å². The van der Waals surface area contributed by atoms with Gasteiger partial charge in [0.25, 0.3) is 0 Å². The van der Waals surface area contributed by atoms with Crippen LogP contribution in [0.4, 0.5) is 0 Å². The molecule has 0 bridgehead atoms. The first kappa shape index (κ1) is 7.48. The molecule has 0 saturated heterocycles. The van der Waals surface area contributed by atoms with Gasteiger partial charge in [0.05, 0.1) is 0 Å². The Hall–Kier alpha value is 0.479. The molecule has 2 N–H and O–H groups in total. The van der Waals surface area contributed by atoms with E-state index in [1.165, 1.54) is 6.42 Å². The second kappa shape index (κ2) is 4.63. The number of hydrogen-bond acceptors (Lipinski definition) is 1. The fraction of sp³-hybridized carbons (Fsp3) is 1.00. The van der Waals surface area contributed by atoms with Crippen molar-refractivity contribution in [3.63, 3.8) is 0 Å². The summed E-state index contributed by atoms with van der Waals surface area (Å²) in [5, 5.41) is 1.06. The summed E-state index contributed by atoms with van der Waals surface area (Å²) in [4.78, 5) is 0. The SMILES string of the molecule is CCCC(N)C[SeH]. The molecule has 0 fully saturated rings. The van der Waals surface area contributed by atoms with Crippen LogP contribution in [0.5, 0.6) is 0 Å². The van der Waals surface area contributed by atoms with E-state index in [0.29, 0.717) is 6.04 Å². The van der Waals surface area contributed by atoms with Crippen molar-refractivity contribution in [3.05, 3.63) is 0 Å². The average Bonchev–Trinajstić information content (AvgIpc) is 1.68. The fourth-order valence-corrected chi connectivity index (χ4v) is 0.845. The zero-order chi connectivity index (χ0) is 5.70. The number of rotatable bonds is 3. The molecule has 0 radical (unpaired) electrons. The summed E-state index contributed by atoms with van der Waals surface area (Å²) in [6.07, 6.45) is 2.37. The summed E-state index contributed by atoms with van der Waals surface area (Å²) >= 11 is 2.51. The predicted octanol–water partition coefficient (Wildman–Crippen LogP) is 0.433. The Kier molecular flexibility index (Phi) is 4.95. The van der Waals surface area contributed by atoms with Gasteiger partial charge in [-0.3, -0.25) is 0 Å². The van der Waals surface area contributed by atoms with Crippen LogP contribution in [-0.4, -0.2) is 22.1 Å². The van der Waals surface area contributed by atoms with Crippen LogP contribution in [0.15, 0.2) is 0 Å². The van der Waals surface area contributed by atoms with Crippen LogP contribution in [0.2, 0.25) is 5.32 Å². The van der Waals surface area contributed by atoms with E-state index in [1.807, 2.05) is 0 Å². The summed E-state index contributed by atoms with van der Waals surface area (Å²) in [5.74, 6) is 0. The maximum atomic E-state index is 5.57. The third-order valence-electron chi connectivity index (χ3n) is 0.894. The molecule has 1 atom stereocenters. The van der Waals surface area contributed by atoms with Crippen molar-refractivity contribution in [3.8, 4) is 0 Å². The molecule has 0 aromatic carbocycles. The van der Waals surface area contributed by atoms with Crippen molar-refractivity contribution >= 4 is 16.0 Å². The monoisotopic (exact) mass is 167 g/mol. The quantitative estimate of drug-likeness (QED) is 0.604. The zero-order valence-corrected chi connectivity index (χ0v) is 6.60. The Morgan fingerprint density at radius 2 is 2.29 bits per heavy atom. The van der Waals surface area contributed by atoms with Crippen LogP contribution in [-0.2, 0) is 0 Å². The van der Waals surface area contributed by atoms with E-state index in [-0.39, 0.29) is 0 Å². The Morgan fingerprint density at radius 3 is 2.43 bits per heavy atom. The molecule has 0 spiro atoms. The summed E-state index contributed by atoms with van der Waals surface area (Å²) in [5.41, 5.74) is 5.57. The molecule has 2 heteroatoms. The van der Waals surface area contributed by atoms with Crippen molar-refractivity contribution < 1.29 is 0 Å². The molecule has 1 nitrogen and oxygen atoms in total. The standard InChI is InChI=1S/C5H13NSe/c1-2-3-5(6)4-7/h5,7H,2-4,6H2,1H3. The van der Waals surface area contributed by atoms with E-state index in [9.17, 15) is 0 Å². The average molecular weight is 166 g/mol. The zero-order valence-electron chi connectivity index (χ0n) is 4.72. The van der Waals surface area contributed by atoms with Gasteiger partial charge in [-0.05, 0) is 0 Å². The first-order valence-corrected chi connectivity index (χ1v) is 4.00. The topological polar surface area (TPSA) is 26.0 Å². The number of nitrogens with two attached hydrogens (primary N) is 1. The van der Waals surface area contributed by atoms with Crippen LogP contribution in [0.3, 0.4) is 0 Å². The molecule has 0 aliphatic heterocycles. The normalized spacial score (nSPS) is 14.1. The molecule has 0 aromatic rings. The molecule has 1 unspecified atom stereocenters. The summed E-state index contributed by atoms with van der Waals surface area (Å²) < 4.78 is 0. The molecular formula is C5H13NSe. The van der Waals surface area contributed by atoms with Crippen LogP contribution in [0.1, 0.15) is 19.8 Å². The molecule has 0 aliphatic rings. The van der Waals surface area contributed by atoms with E-state index in [0.717, 1.165) is 11.7 Å². The summed E-state index contributed by atoms with van der Waals surface area (Å²) in [6.45, 7) is 2.16. The van der Waals surface area contributed by atoms with Gasteiger partial charge < -0.3 is 0 Å². The minimum absolute atomic E-state index is 0.421. The van der Waals surface area contributed by atoms with Gasteiger partial charge in [0.1, 0.15) is 0 Å². The molecule has 0 aromatic heterocycles. The molecule has 0 saturated carbocycles. The van der Waals surface area contributed by atoms with E-state index in [2.05, 4.69) is 22.9 Å². The third kappa shape index (κ3) is 4.33. The third-order valence-corrected chi connectivity index (χ3v) is 1.88. The van der Waals surface area contributed by atoms with Gasteiger partial charge in [0, 0.05) is 0 Å². The van der Waals surface area contributed by atoms with Gasteiger partial charge in [0.15, 0.2) is 0 Å². The molecule has 0 rings (SSSR count). The second-order valence-corrected chi connectivity index (χ2v) is 2.50. The van der Waals surface area contributed by atoms with Crippen molar-refractivity contribution in [1.82, 2.24) is 0 Å². The Labute approximate surface area is 53.5 Å². The van der Waals surface area contributed by atoms with Gasteiger partial charge in [-0.25, -0.2) is 0 Å². The second-order valence-electron chi connectivity index (χ2n) is 1.73. The van der Waals surface area contributed by atoms with E-state index >= 15 is 0 Å². The maximum absolute atomic E-state index is 5.57. The van der Waals surface area contributed by atoms with Crippen LogP contribution >= 0.6 is 0 Å². The predicted molar refractivity (Wildman–Crippen MR) is 34.8 cm³/mol. The van der Waals surface area contributed by atoms with Gasteiger partial charge in [-0.1, -0.05) is 0 Å². The van der Waals surface area contributed by atoms with E-state index < -0.39 is 0 Å². The van der Waals surface area contributed by atoms with Crippen LogP contribution < -0.4 is 5.73 Å². The van der Waals surface area contributed by atoms with Crippen LogP contribution in [0, 0.1) is 0 Å². The van der Waals surface area contributed by atoms with Gasteiger partial charge in [-0.2, -0.15) is 0 Å². The van der Waals surface area contributed by atoms with Gasteiger partial charge >= 0.3 is 52.9 Å². The minimum atomic E-state index is 0.421. The van der Waals surface area contributed by atoms with E-state index in [1.54, 1.807) is 0 Å². The molecule has 0 heterocycles. The van der Waals surface area contributed by atoms with Crippen molar-refractivity contribution in [2.75, 3.05) is 0 Å². The molecule has 0 amide bonds. The summed E-state index contributed by atoms with van der Waals surface area (Å²) in [7, 11) is 0. The fourth-order valence-electron chi connectivity index (χ4n) is 0.462. The first-order chi connectivity index (χ1) is 3.31. The van der Waals surface area contributed by atoms with Crippen molar-refractivity contribution in [1.29, 1.82) is 0 Å². The molecule has 44 valence electrons. The Morgan fingerprint density at radius 1 is 1.71 bits per heavy atom. The van der Waals surface area contributed by atoms with Crippen LogP contribution in [0.25, 0.3) is 0 Å². The Bertz CT molecular complexity index is 39.1. The molecule has 0 aliphatic carbocycles.